The molecule has 1 saturated heterocycles. The van der Waals surface area contributed by atoms with E-state index in [-0.39, 0.29) is 36.9 Å². The zero-order chi connectivity index (χ0) is 31.1. The number of urea groups is 1. The fraction of sp³-hybridized carbons (Fsp3) is 0.438. The Hall–Kier alpha value is -3.96. The SMILES string of the molecule is CN(C(=O)NCc1cccc(F)c1Cl)[C@@H](CCC(=O)N1CCN(C2CCC2)CC1)COC(=O)Nc1cc2ccccc2cn1. The highest BCUT2D eigenvalue weighted by atomic mass is 35.5. The largest absolute Gasteiger partial charge is 0.447 e. The number of hydrogen-bond donors (Lipinski definition) is 2. The van der Waals surface area contributed by atoms with Crippen molar-refractivity contribution in [3.63, 3.8) is 0 Å². The molecule has 1 atom stereocenters. The molecule has 1 aromatic heterocycles. The van der Waals surface area contributed by atoms with Crippen molar-refractivity contribution in [2.45, 2.75) is 50.7 Å². The average molecular weight is 625 g/mol. The van der Waals surface area contributed by atoms with Gasteiger partial charge >= 0.3 is 12.1 Å². The smallest absolute Gasteiger partial charge is 0.412 e. The van der Waals surface area contributed by atoms with Gasteiger partial charge in [0.25, 0.3) is 0 Å². The number of piperazine rings is 1. The Kier molecular flexibility index (Phi) is 10.5. The van der Waals surface area contributed by atoms with Gasteiger partial charge in [-0.3, -0.25) is 15.0 Å². The number of ether oxygens (including phenoxy) is 1. The molecule has 2 heterocycles. The van der Waals surface area contributed by atoms with Crippen LogP contribution in [0.2, 0.25) is 5.02 Å². The van der Waals surface area contributed by atoms with Crippen molar-refractivity contribution < 1.29 is 23.5 Å². The van der Waals surface area contributed by atoms with E-state index in [4.69, 9.17) is 16.3 Å². The predicted molar refractivity (Wildman–Crippen MR) is 167 cm³/mol. The van der Waals surface area contributed by atoms with Crippen molar-refractivity contribution >= 4 is 46.2 Å². The molecule has 0 unspecified atom stereocenters. The standard InChI is InChI=1S/C32H38ClFN6O4/c1-38(31(42)36-20-24-8-4-11-27(34)30(24)33)26(12-13-29(41)40-16-14-39(15-17-40)25-9-5-10-25)21-44-32(43)37-28-18-22-6-2-3-7-23(22)19-35-28/h2-4,6-8,11,18-19,25-26H,5,9-10,12-17,20-21H2,1H3,(H,36,42)(H,35,37,43)/t26-/m0/s1. The molecule has 1 saturated carbocycles. The molecule has 2 aliphatic rings. The molecular formula is C32H38ClFN6O4. The number of pyridine rings is 1. The second-order valence-corrected chi connectivity index (χ2v) is 11.7. The number of rotatable bonds is 10. The predicted octanol–water partition coefficient (Wildman–Crippen LogP) is 5.26. The minimum atomic E-state index is -0.725. The first kappa shape index (κ1) is 31.5. The first-order valence-corrected chi connectivity index (χ1v) is 15.4. The molecule has 44 heavy (non-hydrogen) atoms. The lowest BCUT2D eigenvalue weighted by molar-refractivity contribution is -0.134. The molecule has 12 heteroatoms. The Balaban J connectivity index is 1.18. The number of nitrogens with zero attached hydrogens (tertiary/aromatic N) is 4. The van der Waals surface area contributed by atoms with Gasteiger partial charge in [0.15, 0.2) is 0 Å². The molecular weight excluding hydrogens is 587 g/mol. The van der Waals surface area contributed by atoms with Gasteiger partial charge in [0.05, 0.1) is 11.1 Å². The second-order valence-electron chi connectivity index (χ2n) is 11.3. The van der Waals surface area contributed by atoms with Gasteiger partial charge in [-0.1, -0.05) is 54.4 Å². The fourth-order valence-corrected chi connectivity index (χ4v) is 5.73. The average Bonchev–Trinajstić information content (AvgIpc) is 3.00. The molecule has 0 spiro atoms. The minimum Gasteiger partial charge on any atom is -0.447 e. The van der Waals surface area contributed by atoms with Gasteiger partial charge in [-0.25, -0.2) is 19.0 Å². The Bertz CT molecular complexity index is 1480. The van der Waals surface area contributed by atoms with E-state index in [0.29, 0.717) is 30.5 Å². The molecule has 2 N–H and O–H groups in total. The summed E-state index contributed by atoms with van der Waals surface area (Å²) in [4.78, 5) is 48.9. The van der Waals surface area contributed by atoms with E-state index in [0.717, 1.165) is 23.9 Å². The monoisotopic (exact) mass is 624 g/mol. The molecule has 10 nitrogen and oxygen atoms in total. The Morgan fingerprint density at radius 3 is 2.57 bits per heavy atom. The van der Waals surface area contributed by atoms with E-state index in [9.17, 15) is 18.8 Å². The van der Waals surface area contributed by atoms with E-state index in [1.54, 1.807) is 25.4 Å². The summed E-state index contributed by atoms with van der Waals surface area (Å²) in [5, 5.41) is 7.17. The lowest BCUT2D eigenvalue weighted by Crippen LogP contribution is -2.53. The molecule has 3 aromatic rings. The first-order chi connectivity index (χ1) is 21.3. The summed E-state index contributed by atoms with van der Waals surface area (Å²) in [6.07, 6.45) is 5.16. The molecule has 0 radical (unpaired) electrons. The molecule has 234 valence electrons. The third-order valence-electron chi connectivity index (χ3n) is 8.55. The van der Waals surface area contributed by atoms with Crippen LogP contribution in [0.15, 0.2) is 54.7 Å². The summed E-state index contributed by atoms with van der Waals surface area (Å²) < 4.78 is 19.4. The van der Waals surface area contributed by atoms with Crippen LogP contribution < -0.4 is 10.6 Å². The maximum Gasteiger partial charge on any atom is 0.412 e. The maximum atomic E-state index is 13.9. The number of anilines is 1. The van der Waals surface area contributed by atoms with Crippen LogP contribution in [-0.2, 0) is 16.1 Å². The summed E-state index contributed by atoms with van der Waals surface area (Å²) >= 11 is 6.04. The summed E-state index contributed by atoms with van der Waals surface area (Å²) in [5.41, 5.74) is 0.430. The highest BCUT2D eigenvalue weighted by Crippen LogP contribution is 2.26. The third-order valence-corrected chi connectivity index (χ3v) is 8.97. The van der Waals surface area contributed by atoms with Crippen molar-refractivity contribution in [3.8, 4) is 0 Å². The van der Waals surface area contributed by atoms with Crippen molar-refractivity contribution in [1.29, 1.82) is 0 Å². The van der Waals surface area contributed by atoms with Crippen LogP contribution in [-0.4, -0.2) is 89.6 Å². The highest BCUT2D eigenvalue weighted by molar-refractivity contribution is 6.31. The minimum absolute atomic E-state index is 0.00562. The van der Waals surface area contributed by atoms with Crippen LogP contribution in [0.1, 0.15) is 37.7 Å². The third kappa shape index (κ3) is 7.95. The second kappa shape index (κ2) is 14.7. The molecule has 2 aromatic carbocycles. The number of nitrogens with one attached hydrogen (secondary N) is 2. The fourth-order valence-electron chi connectivity index (χ4n) is 5.54. The number of benzene rings is 2. The number of aromatic nitrogens is 1. The van der Waals surface area contributed by atoms with E-state index in [1.165, 1.54) is 36.3 Å². The highest BCUT2D eigenvalue weighted by Gasteiger charge is 2.30. The van der Waals surface area contributed by atoms with E-state index >= 15 is 0 Å². The van der Waals surface area contributed by atoms with E-state index in [1.807, 2.05) is 29.2 Å². The molecule has 2 fully saturated rings. The normalized spacial score (nSPS) is 16.2. The molecule has 1 aliphatic carbocycles. The zero-order valence-electron chi connectivity index (χ0n) is 24.8. The van der Waals surface area contributed by atoms with Gasteiger partial charge in [0.1, 0.15) is 18.2 Å². The van der Waals surface area contributed by atoms with Crippen LogP contribution in [0.5, 0.6) is 0 Å². The lowest BCUT2D eigenvalue weighted by atomic mass is 9.91. The number of carbonyl (C=O) groups excluding carboxylic acids is 3. The van der Waals surface area contributed by atoms with Gasteiger partial charge < -0.3 is 19.9 Å². The van der Waals surface area contributed by atoms with Crippen LogP contribution in [0.4, 0.5) is 19.8 Å². The number of likely N-dealkylation sites (N-methyl/N-ethyl adjacent to an activating group) is 1. The van der Waals surface area contributed by atoms with Gasteiger partial charge in [-0.05, 0) is 42.3 Å². The van der Waals surface area contributed by atoms with E-state index in [2.05, 4.69) is 20.5 Å². The zero-order valence-corrected chi connectivity index (χ0v) is 25.6. The maximum absolute atomic E-state index is 13.9. The summed E-state index contributed by atoms with van der Waals surface area (Å²) in [5.74, 6) is -0.232. The quantitative estimate of drug-likeness (QED) is 0.319. The molecule has 5 rings (SSSR count). The number of carbonyl (C=O) groups is 3. The van der Waals surface area contributed by atoms with Crippen LogP contribution in [0.3, 0.4) is 0 Å². The van der Waals surface area contributed by atoms with Crippen LogP contribution in [0, 0.1) is 5.82 Å². The lowest BCUT2D eigenvalue weighted by Gasteiger charge is -2.43. The molecule has 1 aliphatic heterocycles. The van der Waals surface area contributed by atoms with Gasteiger partial charge in [-0.15, -0.1) is 0 Å². The van der Waals surface area contributed by atoms with Gasteiger partial charge in [0.2, 0.25) is 5.91 Å². The number of hydrogen-bond acceptors (Lipinski definition) is 6. The Morgan fingerprint density at radius 2 is 1.84 bits per heavy atom. The number of fused-ring (bicyclic) bond motifs is 1. The van der Waals surface area contributed by atoms with Crippen molar-refractivity contribution in [2.24, 2.45) is 0 Å². The van der Waals surface area contributed by atoms with Crippen LogP contribution in [0.25, 0.3) is 10.8 Å². The molecule has 4 amide bonds. The van der Waals surface area contributed by atoms with Crippen molar-refractivity contribution in [1.82, 2.24) is 25.0 Å². The van der Waals surface area contributed by atoms with Crippen LogP contribution >= 0.6 is 11.6 Å². The summed E-state index contributed by atoms with van der Waals surface area (Å²) in [7, 11) is 1.57. The summed E-state index contributed by atoms with van der Waals surface area (Å²) in [6.45, 7) is 2.97. The van der Waals surface area contributed by atoms with Crippen molar-refractivity contribution in [3.05, 3.63) is 71.1 Å². The number of amides is 4. The Labute approximate surface area is 261 Å². The number of halogens is 2. The van der Waals surface area contributed by atoms with Crippen molar-refractivity contribution in [2.75, 3.05) is 45.2 Å². The van der Waals surface area contributed by atoms with Gasteiger partial charge in [-0.2, -0.15) is 0 Å². The topological polar surface area (TPSA) is 107 Å². The van der Waals surface area contributed by atoms with Gasteiger partial charge in [0, 0.05) is 63.8 Å². The van der Waals surface area contributed by atoms with E-state index < -0.39 is 24.0 Å². The Morgan fingerprint density at radius 1 is 1.09 bits per heavy atom. The summed E-state index contributed by atoms with van der Waals surface area (Å²) in [6, 6.07) is 13.4. The first-order valence-electron chi connectivity index (χ1n) is 15.0. The molecule has 0 bridgehead atoms.